The van der Waals surface area contributed by atoms with Crippen molar-refractivity contribution in [2.45, 2.75) is 31.6 Å². The number of rotatable bonds is 4. The third-order valence-corrected chi connectivity index (χ3v) is 4.67. The molecule has 3 atom stereocenters. The first-order valence-electron chi connectivity index (χ1n) is 7.25. The molecule has 0 amide bonds. The van der Waals surface area contributed by atoms with Crippen molar-refractivity contribution in [2.75, 3.05) is 20.2 Å². The lowest BCUT2D eigenvalue weighted by Crippen LogP contribution is -2.23. The average molecular weight is 245 g/mol. The summed E-state index contributed by atoms with van der Waals surface area (Å²) < 4.78 is 5.80. The van der Waals surface area contributed by atoms with Crippen LogP contribution in [0, 0.1) is 11.8 Å². The minimum Gasteiger partial charge on any atom is -0.493 e. The van der Waals surface area contributed by atoms with E-state index in [0.29, 0.717) is 5.92 Å². The highest BCUT2D eigenvalue weighted by Crippen LogP contribution is 2.42. The first-order chi connectivity index (χ1) is 8.88. The standard InChI is InChI=1S/C16H23NO/c1-17-10-13-6-4-5-12(13)9-14-11-18-16-8-3-2-7-15(14)16/h2-3,7-8,12-14,17H,4-6,9-11H2,1H3. The van der Waals surface area contributed by atoms with Gasteiger partial charge in [-0.05, 0) is 44.3 Å². The number of ether oxygens (including phenoxy) is 1. The zero-order valence-electron chi connectivity index (χ0n) is 11.2. The molecule has 18 heavy (non-hydrogen) atoms. The van der Waals surface area contributed by atoms with Gasteiger partial charge in [0.2, 0.25) is 0 Å². The molecule has 2 aliphatic rings. The van der Waals surface area contributed by atoms with Crippen LogP contribution in [-0.4, -0.2) is 20.2 Å². The Morgan fingerprint density at radius 2 is 2.06 bits per heavy atom. The van der Waals surface area contributed by atoms with E-state index in [1.165, 1.54) is 37.8 Å². The smallest absolute Gasteiger partial charge is 0.122 e. The molecule has 0 saturated heterocycles. The van der Waals surface area contributed by atoms with Crippen LogP contribution in [-0.2, 0) is 0 Å². The maximum atomic E-state index is 5.80. The van der Waals surface area contributed by atoms with E-state index in [9.17, 15) is 0 Å². The van der Waals surface area contributed by atoms with E-state index in [4.69, 9.17) is 4.74 Å². The summed E-state index contributed by atoms with van der Waals surface area (Å²) in [6.45, 7) is 2.07. The Morgan fingerprint density at radius 3 is 2.94 bits per heavy atom. The Bertz CT molecular complexity index is 404. The van der Waals surface area contributed by atoms with E-state index in [0.717, 1.165) is 24.2 Å². The van der Waals surface area contributed by atoms with Crippen LogP contribution < -0.4 is 10.1 Å². The Hall–Kier alpha value is -1.02. The Balaban J connectivity index is 1.67. The summed E-state index contributed by atoms with van der Waals surface area (Å²) >= 11 is 0. The van der Waals surface area contributed by atoms with Gasteiger partial charge in [0.05, 0.1) is 6.61 Å². The van der Waals surface area contributed by atoms with Gasteiger partial charge in [0.25, 0.3) is 0 Å². The molecule has 1 N–H and O–H groups in total. The number of fused-ring (bicyclic) bond motifs is 1. The third kappa shape index (κ3) is 2.26. The number of benzene rings is 1. The van der Waals surface area contributed by atoms with Gasteiger partial charge in [0, 0.05) is 11.5 Å². The third-order valence-electron chi connectivity index (χ3n) is 4.67. The van der Waals surface area contributed by atoms with E-state index in [2.05, 4.69) is 36.6 Å². The molecule has 1 heterocycles. The molecule has 98 valence electrons. The van der Waals surface area contributed by atoms with Crippen molar-refractivity contribution in [3.8, 4) is 5.75 Å². The highest BCUT2D eigenvalue weighted by atomic mass is 16.5. The zero-order chi connectivity index (χ0) is 12.4. The summed E-state index contributed by atoms with van der Waals surface area (Å²) in [7, 11) is 2.07. The van der Waals surface area contributed by atoms with Crippen LogP contribution in [0.25, 0.3) is 0 Å². The van der Waals surface area contributed by atoms with Gasteiger partial charge in [-0.25, -0.2) is 0 Å². The van der Waals surface area contributed by atoms with Crippen molar-refractivity contribution in [1.29, 1.82) is 0 Å². The topological polar surface area (TPSA) is 21.3 Å². The van der Waals surface area contributed by atoms with Gasteiger partial charge in [0.1, 0.15) is 5.75 Å². The number of hydrogen-bond acceptors (Lipinski definition) is 2. The van der Waals surface area contributed by atoms with E-state index in [-0.39, 0.29) is 0 Å². The SMILES string of the molecule is CNCC1CCCC1CC1COc2ccccc21. The molecule has 1 aliphatic heterocycles. The monoisotopic (exact) mass is 245 g/mol. The lowest BCUT2D eigenvalue weighted by Gasteiger charge is -2.22. The fourth-order valence-corrected chi connectivity index (χ4v) is 3.74. The quantitative estimate of drug-likeness (QED) is 0.879. The molecule has 3 rings (SSSR count). The fourth-order valence-electron chi connectivity index (χ4n) is 3.74. The highest BCUT2D eigenvalue weighted by molar-refractivity contribution is 5.39. The molecular formula is C16H23NO. The zero-order valence-corrected chi connectivity index (χ0v) is 11.2. The summed E-state index contributed by atoms with van der Waals surface area (Å²) in [4.78, 5) is 0. The molecule has 1 aromatic carbocycles. The van der Waals surface area contributed by atoms with Gasteiger partial charge >= 0.3 is 0 Å². The first-order valence-corrected chi connectivity index (χ1v) is 7.25. The predicted molar refractivity (Wildman–Crippen MR) is 74.1 cm³/mol. The van der Waals surface area contributed by atoms with Crippen LogP contribution in [0.3, 0.4) is 0 Å². The van der Waals surface area contributed by atoms with Gasteiger partial charge in [0.15, 0.2) is 0 Å². The van der Waals surface area contributed by atoms with Crippen LogP contribution in [0.4, 0.5) is 0 Å². The summed E-state index contributed by atoms with van der Waals surface area (Å²) in [6.07, 6.45) is 5.53. The Kier molecular flexibility index (Phi) is 3.55. The second kappa shape index (κ2) is 5.31. The molecule has 1 fully saturated rings. The second-order valence-electron chi connectivity index (χ2n) is 5.79. The lowest BCUT2D eigenvalue weighted by molar-refractivity contribution is 0.280. The van der Waals surface area contributed by atoms with E-state index < -0.39 is 0 Å². The Morgan fingerprint density at radius 1 is 1.22 bits per heavy atom. The van der Waals surface area contributed by atoms with Crippen molar-refractivity contribution in [3.05, 3.63) is 29.8 Å². The average Bonchev–Trinajstić information content (AvgIpc) is 2.99. The van der Waals surface area contributed by atoms with Crippen LogP contribution in [0.1, 0.15) is 37.2 Å². The van der Waals surface area contributed by atoms with Crippen molar-refractivity contribution in [1.82, 2.24) is 5.32 Å². The van der Waals surface area contributed by atoms with Crippen LogP contribution >= 0.6 is 0 Å². The van der Waals surface area contributed by atoms with Crippen LogP contribution in [0.15, 0.2) is 24.3 Å². The van der Waals surface area contributed by atoms with Crippen molar-refractivity contribution >= 4 is 0 Å². The minimum atomic E-state index is 0.628. The number of nitrogens with one attached hydrogen (secondary N) is 1. The van der Waals surface area contributed by atoms with Gasteiger partial charge in [-0.1, -0.05) is 31.0 Å². The molecular weight excluding hydrogens is 222 g/mol. The van der Waals surface area contributed by atoms with Crippen LogP contribution in [0.5, 0.6) is 5.75 Å². The molecule has 2 heteroatoms. The first kappa shape index (κ1) is 12.0. The largest absolute Gasteiger partial charge is 0.493 e. The molecule has 1 saturated carbocycles. The molecule has 0 radical (unpaired) electrons. The van der Waals surface area contributed by atoms with Crippen molar-refractivity contribution in [2.24, 2.45) is 11.8 Å². The lowest BCUT2D eigenvalue weighted by atomic mass is 9.84. The summed E-state index contributed by atoms with van der Waals surface area (Å²) in [5.74, 6) is 3.51. The molecule has 2 nitrogen and oxygen atoms in total. The van der Waals surface area contributed by atoms with Gasteiger partial charge < -0.3 is 10.1 Å². The van der Waals surface area contributed by atoms with Gasteiger partial charge in [-0.15, -0.1) is 0 Å². The summed E-state index contributed by atoms with van der Waals surface area (Å²) in [6, 6.07) is 8.56. The molecule has 3 unspecified atom stereocenters. The summed E-state index contributed by atoms with van der Waals surface area (Å²) in [5, 5.41) is 3.35. The molecule has 0 aromatic heterocycles. The maximum absolute atomic E-state index is 5.80. The molecule has 0 spiro atoms. The Labute approximate surface area is 110 Å². The normalized spacial score (nSPS) is 30.2. The predicted octanol–water partition coefficient (Wildman–Crippen LogP) is 3.19. The van der Waals surface area contributed by atoms with Crippen molar-refractivity contribution in [3.63, 3.8) is 0 Å². The van der Waals surface area contributed by atoms with Crippen LogP contribution in [0.2, 0.25) is 0 Å². The van der Waals surface area contributed by atoms with Gasteiger partial charge in [-0.3, -0.25) is 0 Å². The summed E-state index contributed by atoms with van der Waals surface area (Å²) in [5.41, 5.74) is 1.44. The minimum absolute atomic E-state index is 0.628. The van der Waals surface area contributed by atoms with Crippen molar-refractivity contribution < 1.29 is 4.74 Å². The van der Waals surface area contributed by atoms with E-state index >= 15 is 0 Å². The molecule has 0 bridgehead atoms. The van der Waals surface area contributed by atoms with E-state index in [1.54, 1.807) is 0 Å². The number of hydrogen-bond donors (Lipinski definition) is 1. The molecule has 1 aliphatic carbocycles. The fraction of sp³-hybridized carbons (Fsp3) is 0.625. The van der Waals surface area contributed by atoms with E-state index in [1.807, 2.05) is 0 Å². The number of para-hydroxylation sites is 1. The highest BCUT2D eigenvalue weighted by Gasteiger charge is 2.32. The second-order valence-corrected chi connectivity index (χ2v) is 5.79. The molecule has 1 aromatic rings. The van der Waals surface area contributed by atoms with Gasteiger partial charge in [-0.2, -0.15) is 0 Å². The maximum Gasteiger partial charge on any atom is 0.122 e.